The van der Waals surface area contributed by atoms with Gasteiger partial charge in [-0.15, -0.1) is 4.40 Å². The summed E-state index contributed by atoms with van der Waals surface area (Å²) in [7, 11) is -4.19. The second-order valence-electron chi connectivity index (χ2n) is 3.44. The fraction of sp³-hybridized carbons (Fsp3) is 0.333. The topological polar surface area (TPSA) is 101 Å². The minimum absolute atomic E-state index is 1.11. The van der Waals surface area contributed by atoms with E-state index in [1.807, 2.05) is 13.1 Å². The molecule has 2 heterocycles. The summed E-state index contributed by atoms with van der Waals surface area (Å²) in [5.74, 6) is 0. The molecule has 96 valence electrons. The zero-order valence-corrected chi connectivity index (χ0v) is 11.2. The molecule has 0 fully saturated rings. The zero-order chi connectivity index (χ0) is 13.2. The first-order chi connectivity index (χ1) is 7.70. The van der Waals surface area contributed by atoms with Crippen molar-refractivity contribution in [1.29, 1.82) is 0 Å². The Morgan fingerprint density at radius 3 is 2.24 bits per heavy atom. The molecule has 0 aromatic carbocycles. The fourth-order valence-corrected chi connectivity index (χ4v) is 2.40. The number of rotatable bonds is 0. The molecule has 0 saturated heterocycles. The molecule has 0 unspecified atom stereocenters. The second kappa shape index (κ2) is 5.21. The van der Waals surface area contributed by atoms with Gasteiger partial charge in [0.1, 0.15) is 5.69 Å². The Morgan fingerprint density at radius 1 is 1.24 bits per heavy atom. The van der Waals surface area contributed by atoms with Gasteiger partial charge < -0.3 is 0 Å². The third-order valence-corrected chi connectivity index (χ3v) is 3.16. The molecule has 3 N–H and O–H groups in total. The Kier molecular flexibility index (Phi) is 4.36. The summed E-state index contributed by atoms with van der Waals surface area (Å²) in [6, 6.07) is 0. The van der Waals surface area contributed by atoms with Gasteiger partial charge in [-0.3, -0.25) is 0 Å². The van der Waals surface area contributed by atoms with Crippen molar-refractivity contribution in [2.24, 2.45) is 0 Å². The molecule has 2 aromatic heterocycles. The number of thiazole rings is 1. The van der Waals surface area contributed by atoms with Crippen molar-refractivity contribution in [3.05, 3.63) is 28.7 Å². The van der Waals surface area contributed by atoms with Crippen molar-refractivity contribution in [3.63, 3.8) is 0 Å². The average Bonchev–Trinajstić information content (AvgIpc) is 2.53. The van der Waals surface area contributed by atoms with Crippen LogP contribution >= 0.6 is 11.3 Å². The molecule has 0 amide bonds. The molecular formula is C9H14ClN2O4S+. The number of hydrogen-bond acceptors (Lipinski definition) is 6. The summed E-state index contributed by atoms with van der Waals surface area (Å²) in [5.41, 5.74) is 3.60. The van der Waals surface area contributed by atoms with Crippen LogP contribution in [0.5, 0.6) is 0 Å². The van der Waals surface area contributed by atoms with Crippen LogP contribution in [0.2, 0.25) is 0 Å². The maximum absolute atomic E-state index is 8.83. The quantitative estimate of drug-likeness (QED) is 0.535. The van der Waals surface area contributed by atoms with Gasteiger partial charge in [0.25, 0.3) is 4.83 Å². The number of fused-ring (bicyclic) bond motifs is 1. The molecular weight excluding hydrogens is 268 g/mol. The summed E-state index contributed by atoms with van der Waals surface area (Å²) >= 11 is 1.76. The molecule has 2 rings (SSSR count). The standard InChI is InChI=1S/C9H11N2S.ClH3O4/c1-6-4-10-8(3)9-11(6)7(2)5-12-9;2-1(3,4)5/h4-5H,1-3H3;2-4H/q+1;. The third-order valence-electron chi connectivity index (χ3n) is 2.00. The Bertz CT molecular complexity index is 517. The Morgan fingerprint density at radius 2 is 1.76 bits per heavy atom. The number of aromatic nitrogens is 2. The molecule has 8 heteroatoms. The van der Waals surface area contributed by atoms with Gasteiger partial charge in [-0.05, 0) is 6.92 Å². The van der Waals surface area contributed by atoms with Crippen LogP contribution in [0.4, 0.5) is 0 Å². The van der Waals surface area contributed by atoms with Gasteiger partial charge >= 0.3 is 28.9 Å². The van der Waals surface area contributed by atoms with Gasteiger partial charge in [0, 0.05) is 13.8 Å². The van der Waals surface area contributed by atoms with Gasteiger partial charge in [0.05, 0.1) is 11.6 Å². The number of aryl methyl sites for hydroxylation is 3. The van der Waals surface area contributed by atoms with Gasteiger partial charge in [-0.1, -0.05) is 11.3 Å². The SMILES string of the molecule is Cc1ncc(C)[n+]2c(C)csc12.[O-][Cl+](O)(O)O. The maximum atomic E-state index is 8.83. The van der Waals surface area contributed by atoms with Crippen LogP contribution in [-0.4, -0.2) is 19.0 Å². The Balaban J connectivity index is 0.000000249. The zero-order valence-electron chi connectivity index (χ0n) is 9.59. The first kappa shape index (κ1) is 14.2. The van der Waals surface area contributed by atoms with Gasteiger partial charge in [0.2, 0.25) is 5.69 Å². The summed E-state index contributed by atoms with van der Waals surface area (Å²) in [6.45, 7) is 6.25. The van der Waals surface area contributed by atoms with E-state index >= 15 is 0 Å². The molecule has 0 radical (unpaired) electrons. The van der Waals surface area contributed by atoms with Crippen molar-refractivity contribution >= 4 is 16.2 Å². The summed E-state index contributed by atoms with van der Waals surface area (Å²) in [5, 5.41) is 2.16. The van der Waals surface area contributed by atoms with Crippen LogP contribution in [0.3, 0.4) is 0 Å². The summed E-state index contributed by atoms with van der Waals surface area (Å²) < 4.78 is 32.5. The molecule has 0 atom stereocenters. The Hall–Kier alpha value is -0.830. The first-order valence-corrected chi connectivity index (χ1v) is 6.78. The van der Waals surface area contributed by atoms with Gasteiger partial charge in [0.15, 0.2) is 5.69 Å². The monoisotopic (exact) mass is 281 g/mol. The van der Waals surface area contributed by atoms with Crippen LogP contribution in [0, 0.1) is 31.0 Å². The fourth-order valence-electron chi connectivity index (χ4n) is 1.40. The van der Waals surface area contributed by atoms with E-state index in [9.17, 15) is 0 Å². The van der Waals surface area contributed by atoms with E-state index in [1.165, 1.54) is 16.2 Å². The van der Waals surface area contributed by atoms with E-state index in [4.69, 9.17) is 18.6 Å². The van der Waals surface area contributed by atoms with E-state index in [-0.39, 0.29) is 0 Å². The van der Waals surface area contributed by atoms with Crippen LogP contribution < -0.4 is 9.06 Å². The molecule has 0 saturated carbocycles. The second-order valence-corrected chi connectivity index (χ2v) is 5.16. The molecule has 0 aliphatic rings. The van der Waals surface area contributed by atoms with E-state index in [2.05, 4.69) is 28.6 Å². The summed E-state index contributed by atoms with van der Waals surface area (Å²) in [6.07, 6.45) is 1.92. The van der Waals surface area contributed by atoms with E-state index in [0.29, 0.717) is 0 Å². The predicted octanol–water partition coefficient (Wildman–Crippen LogP) is -1.05. The van der Waals surface area contributed by atoms with Crippen LogP contribution in [0.25, 0.3) is 4.83 Å². The normalized spacial score (nSPS) is 12.2. The van der Waals surface area contributed by atoms with Gasteiger partial charge in [-0.25, -0.2) is 4.98 Å². The molecule has 0 aliphatic carbocycles. The number of halogens is 1. The molecule has 0 aliphatic heterocycles. The molecule has 2 aromatic rings. The van der Waals surface area contributed by atoms with E-state index in [1.54, 1.807) is 11.3 Å². The predicted molar refractivity (Wildman–Crippen MR) is 56.1 cm³/mol. The number of hydrogen-bond donors (Lipinski definition) is 3. The van der Waals surface area contributed by atoms with Crippen LogP contribution in [-0.2, 0) is 0 Å². The van der Waals surface area contributed by atoms with E-state index < -0.39 is 10.2 Å². The van der Waals surface area contributed by atoms with Crippen LogP contribution in [0.1, 0.15) is 17.1 Å². The van der Waals surface area contributed by atoms with Gasteiger partial charge in [-0.2, -0.15) is 0 Å². The van der Waals surface area contributed by atoms with Crippen molar-refractivity contribution < 1.29 is 33.3 Å². The van der Waals surface area contributed by atoms with Crippen molar-refractivity contribution in [1.82, 2.24) is 4.98 Å². The summed E-state index contributed by atoms with van der Waals surface area (Å²) in [4.78, 5) is 5.57. The molecule has 0 bridgehead atoms. The Labute approximate surface area is 104 Å². The van der Waals surface area contributed by atoms with Crippen molar-refractivity contribution in [3.8, 4) is 0 Å². The van der Waals surface area contributed by atoms with Crippen molar-refractivity contribution in [2.75, 3.05) is 0 Å². The molecule has 17 heavy (non-hydrogen) atoms. The molecule has 0 spiro atoms. The minimum atomic E-state index is -4.19. The average molecular weight is 282 g/mol. The molecule has 6 nitrogen and oxygen atoms in total. The van der Waals surface area contributed by atoms with E-state index in [0.717, 1.165) is 5.69 Å². The van der Waals surface area contributed by atoms with Crippen LogP contribution in [0.15, 0.2) is 11.6 Å². The first-order valence-electron chi connectivity index (χ1n) is 4.58. The number of nitrogens with zero attached hydrogens (tertiary/aromatic N) is 2. The third kappa shape index (κ3) is 4.15. The van der Waals surface area contributed by atoms with Crippen molar-refractivity contribution in [2.45, 2.75) is 20.8 Å².